The van der Waals surface area contributed by atoms with E-state index in [0.717, 1.165) is 24.3 Å². The third-order valence-corrected chi connectivity index (χ3v) is 3.93. The molecule has 2 atom stereocenters. The Labute approximate surface area is 123 Å². The molecule has 1 aliphatic carbocycles. The highest BCUT2D eigenvalue weighted by Gasteiger charge is 2.39. The Morgan fingerprint density at radius 3 is 2.70 bits per heavy atom. The summed E-state index contributed by atoms with van der Waals surface area (Å²) in [5, 5.41) is 0. The molecule has 20 heavy (non-hydrogen) atoms. The van der Waals surface area contributed by atoms with Crippen LogP contribution in [-0.2, 0) is 9.53 Å². The van der Waals surface area contributed by atoms with Gasteiger partial charge in [-0.25, -0.2) is 0 Å². The van der Waals surface area contributed by atoms with Crippen LogP contribution >= 0.6 is 0 Å². The van der Waals surface area contributed by atoms with Crippen molar-refractivity contribution < 1.29 is 9.53 Å². The van der Waals surface area contributed by atoms with E-state index in [2.05, 4.69) is 13.8 Å². The van der Waals surface area contributed by atoms with Gasteiger partial charge in [-0.3, -0.25) is 4.79 Å². The summed E-state index contributed by atoms with van der Waals surface area (Å²) >= 11 is 0. The molecule has 0 fully saturated rings. The van der Waals surface area contributed by atoms with Crippen molar-refractivity contribution >= 4 is 5.97 Å². The molecule has 0 saturated heterocycles. The number of hydrogen-bond donors (Lipinski definition) is 1. The van der Waals surface area contributed by atoms with E-state index >= 15 is 0 Å². The number of allylic oxidation sites excluding steroid dienone is 2. The average Bonchev–Trinajstić information content (AvgIpc) is 2.37. The first-order chi connectivity index (χ1) is 9.36. The van der Waals surface area contributed by atoms with E-state index < -0.39 is 5.41 Å². The standard InChI is InChI=1S/C17H29NO2/c1-13(2)8-6-5-7-11-20-16(19)17(4)10-9-14(3)12-15(17)18/h9-10,12-13,15H,5-8,11,18H2,1-4H3. The van der Waals surface area contributed by atoms with Gasteiger partial charge >= 0.3 is 5.97 Å². The van der Waals surface area contributed by atoms with Gasteiger partial charge in [-0.1, -0.05) is 56.9 Å². The van der Waals surface area contributed by atoms with E-state index in [-0.39, 0.29) is 12.0 Å². The number of rotatable bonds is 7. The highest BCUT2D eigenvalue weighted by atomic mass is 16.5. The number of carbonyl (C=O) groups is 1. The summed E-state index contributed by atoms with van der Waals surface area (Å²) < 4.78 is 5.40. The molecule has 0 aromatic rings. The molecule has 0 saturated carbocycles. The Hall–Kier alpha value is -1.09. The van der Waals surface area contributed by atoms with Crippen LogP contribution in [-0.4, -0.2) is 18.6 Å². The first kappa shape index (κ1) is 17.0. The van der Waals surface area contributed by atoms with Gasteiger partial charge in [0.1, 0.15) is 5.41 Å². The second kappa shape index (κ2) is 7.63. The Morgan fingerprint density at radius 1 is 1.40 bits per heavy atom. The number of unbranched alkanes of at least 4 members (excludes halogenated alkanes) is 2. The van der Waals surface area contributed by atoms with Crippen LogP contribution in [0.2, 0.25) is 0 Å². The highest BCUT2D eigenvalue weighted by Crippen LogP contribution is 2.30. The Morgan fingerprint density at radius 2 is 2.10 bits per heavy atom. The van der Waals surface area contributed by atoms with Crippen molar-refractivity contribution in [3.63, 3.8) is 0 Å². The van der Waals surface area contributed by atoms with Crippen molar-refractivity contribution in [1.29, 1.82) is 0 Å². The minimum Gasteiger partial charge on any atom is -0.465 e. The number of esters is 1. The lowest BCUT2D eigenvalue weighted by molar-refractivity contribution is -0.152. The molecule has 1 rings (SSSR count). The maximum atomic E-state index is 12.2. The van der Waals surface area contributed by atoms with E-state index in [4.69, 9.17) is 10.5 Å². The molecule has 114 valence electrons. The molecule has 0 spiro atoms. The van der Waals surface area contributed by atoms with Gasteiger partial charge in [0.2, 0.25) is 0 Å². The van der Waals surface area contributed by atoms with Crippen LogP contribution in [0.3, 0.4) is 0 Å². The van der Waals surface area contributed by atoms with Crippen molar-refractivity contribution in [2.75, 3.05) is 6.61 Å². The topological polar surface area (TPSA) is 52.3 Å². The van der Waals surface area contributed by atoms with Crippen LogP contribution in [0.4, 0.5) is 0 Å². The summed E-state index contributed by atoms with van der Waals surface area (Å²) in [6, 6.07) is -0.305. The highest BCUT2D eigenvalue weighted by molar-refractivity contribution is 5.80. The fourth-order valence-corrected chi connectivity index (χ4v) is 2.28. The number of ether oxygens (including phenoxy) is 1. The zero-order valence-electron chi connectivity index (χ0n) is 13.3. The number of nitrogens with two attached hydrogens (primary N) is 1. The SMILES string of the molecule is CC1=CC(N)C(C)(C(=O)OCCCCCC(C)C)C=C1. The molecule has 3 nitrogen and oxygen atoms in total. The van der Waals surface area contributed by atoms with Gasteiger partial charge in [-0.05, 0) is 26.2 Å². The first-order valence-electron chi connectivity index (χ1n) is 7.66. The maximum absolute atomic E-state index is 12.2. The number of carbonyl (C=O) groups excluding carboxylic acids is 1. The molecule has 0 aromatic heterocycles. The van der Waals surface area contributed by atoms with Gasteiger partial charge in [0, 0.05) is 6.04 Å². The van der Waals surface area contributed by atoms with E-state index in [1.807, 2.05) is 32.1 Å². The monoisotopic (exact) mass is 279 g/mol. The van der Waals surface area contributed by atoms with Crippen molar-refractivity contribution in [2.24, 2.45) is 17.1 Å². The van der Waals surface area contributed by atoms with Crippen molar-refractivity contribution in [2.45, 2.75) is 59.4 Å². The fourth-order valence-electron chi connectivity index (χ4n) is 2.28. The molecule has 3 heteroatoms. The molecular weight excluding hydrogens is 250 g/mol. The number of hydrogen-bond acceptors (Lipinski definition) is 3. The van der Waals surface area contributed by atoms with Gasteiger partial charge in [0.25, 0.3) is 0 Å². The van der Waals surface area contributed by atoms with Crippen molar-refractivity contribution in [3.05, 3.63) is 23.8 Å². The lowest BCUT2D eigenvalue weighted by atomic mass is 9.78. The van der Waals surface area contributed by atoms with Gasteiger partial charge in [-0.15, -0.1) is 0 Å². The Bertz CT molecular complexity index is 384. The molecule has 0 bridgehead atoms. The summed E-state index contributed by atoms with van der Waals surface area (Å²) in [6.07, 6.45) is 10.2. The van der Waals surface area contributed by atoms with Gasteiger partial charge < -0.3 is 10.5 Å². The largest absolute Gasteiger partial charge is 0.465 e. The molecule has 0 aliphatic heterocycles. The van der Waals surface area contributed by atoms with Gasteiger partial charge in [0.05, 0.1) is 6.61 Å². The van der Waals surface area contributed by atoms with E-state index in [9.17, 15) is 4.79 Å². The summed E-state index contributed by atoms with van der Waals surface area (Å²) in [4.78, 5) is 12.2. The normalized spacial score (nSPS) is 25.7. The summed E-state index contributed by atoms with van der Waals surface area (Å²) in [5.41, 5.74) is 6.43. The molecule has 1 aliphatic rings. The summed E-state index contributed by atoms with van der Waals surface area (Å²) in [6.45, 7) is 8.78. The average molecular weight is 279 g/mol. The molecular formula is C17H29NO2. The predicted molar refractivity (Wildman–Crippen MR) is 83.2 cm³/mol. The Kier molecular flexibility index (Phi) is 6.47. The van der Waals surface area contributed by atoms with Crippen molar-refractivity contribution in [3.8, 4) is 0 Å². The van der Waals surface area contributed by atoms with Crippen LogP contribution in [0.15, 0.2) is 23.8 Å². The zero-order chi connectivity index (χ0) is 15.2. The van der Waals surface area contributed by atoms with E-state index in [0.29, 0.717) is 6.61 Å². The van der Waals surface area contributed by atoms with Crippen molar-refractivity contribution in [1.82, 2.24) is 0 Å². The van der Waals surface area contributed by atoms with Gasteiger partial charge in [0.15, 0.2) is 0 Å². The molecule has 2 unspecified atom stereocenters. The van der Waals surface area contributed by atoms with E-state index in [1.54, 1.807) is 0 Å². The Balaban J connectivity index is 2.31. The summed E-state index contributed by atoms with van der Waals surface area (Å²) in [5.74, 6) is 0.533. The first-order valence-corrected chi connectivity index (χ1v) is 7.66. The second-order valence-corrected chi connectivity index (χ2v) is 6.43. The quantitative estimate of drug-likeness (QED) is 0.572. The van der Waals surface area contributed by atoms with Crippen LogP contribution in [0, 0.1) is 11.3 Å². The smallest absolute Gasteiger partial charge is 0.317 e. The third-order valence-electron chi connectivity index (χ3n) is 3.93. The van der Waals surface area contributed by atoms with Crippen LogP contribution in [0.1, 0.15) is 53.4 Å². The predicted octanol–water partition coefficient (Wildman–Crippen LogP) is 3.60. The molecule has 0 heterocycles. The van der Waals surface area contributed by atoms with Crippen LogP contribution in [0.25, 0.3) is 0 Å². The second-order valence-electron chi connectivity index (χ2n) is 6.43. The van der Waals surface area contributed by atoms with Crippen LogP contribution in [0.5, 0.6) is 0 Å². The van der Waals surface area contributed by atoms with E-state index in [1.165, 1.54) is 12.8 Å². The summed E-state index contributed by atoms with van der Waals surface area (Å²) in [7, 11) is 0. The maximum Gasteiger partial charge on any atom is 0.317 e. The molecule has 0 aromatic carbocycles. The minimum atomic E-state index is -0.725. The van der Waals surface area contributed by atoms with Crippen LogP contribution < -0.4 is 5.73 Å². The lowest BCUT2D eigenvalue weighted by Crippen LogP contribution is -2.45. The molecule has 0 amide bonds. The van der Waals surface area contributed by atoms with Gasteiger partial charge in [-0.2, -0.15) is 0 Å². The zero-order valence-corrected chi connectivity index (χ0v) is 13.3. The lowest BCUT2D eigenvalue weighted by Gasteiger charge is -2.31. The minimum absolute atomic E-state index is 0.214. The molecule has 2 N–H and O–H groups in total. The third kappa shape index (κ3) is 4.78. The fraction of sp³-hybridized carbons (Fsp3) is 0.706. The molecule has 0 radical (unpaired) electrons.